The highest BCUT2D eigenvalue weighted by Gasteiger charge is 2.23. The summed E-state index contributed by atoms with van der Waals surface area (Å²) < 4.78 is 2.36. The molecule has 0 aliphatic heterocycles. The van der Waals surface area contributed by atoms with Gasteiger partial charge in [0.15, 0.2) is 5.16 Å². The molecular formula is C22H31N3OS. The van der Waals surface area contributed by atoms with Gasteiger partial charge < -0.3 is 9.88 Å². The van der Waals surface area contributed by atoms with Gasteiger partial charge in [0.25, 0.3) is 0 Å². The third kappa shape index (κ3) is 4.75. The minimum Gasteiger partial charge on any atom is -0.325 e. The predicted octanol–water partition coefficient (Wildman–Crippen LogP) is 5.86. The van der Waals surface area contributed by atoms with Crippen molar-refractivity contribution in [1.82, 2.24) is 9.55 Å². The Hall–Kier alpha value is -1.75. The molecule has 3 rings (SSSR count). The van der Waals surface area contributed by atoms with Gasteiger partial charge in [-0.05, 0) is 56.7 Å². The van der Waals surface area contributed by atoms with Crippen molar-refractivity contribution >= 4 is 23.4 Å². The molecule has 1 amide bonds. The van der Waals surface area contributed by atoms with Crippen LogP contribution in [-0.4, -0.2) is 21.2 Å². The molecule has 0 unspecified atom stereocenters. The lowest BCUT2D eigenvalue weighted by Gasteiger charge is -2.17. The number of carbonyl (C=O) groups excluding carboxylic acids is 1. The van der Waals surface area contributed by atoms with Gasteiger partial charge in [0.05, 0.1) is 11.4 Å². The number of aromatic nitrogens is 2. The third-order valence-electron chi connectivity index (χ3n) is 5.75. The molecule has 0 bridgehead atoms. The van der Waals surface area contributed by atoms with Crippen LogP contribution in [0.4, 0.5) is 5.69 Å². The molecule has 1 aromatic carbocycles. The van der Waals surface area contributed by atoms with Gasteiger partial charge >= 0.3 is 0 Å². The van der Waals surface area contributed by atoms with Crippen LogP contribution in [-0.2, 0) is 4.79 Å². The Balaban J connectivity index is 1.60. The number of hydrogen-bond acceptors (Lipinski definition) is 3. The molecule has 0 radical (unpaired) electrons. The molecule has 1 heterocycles. The molecule has 5 heteroatoms. The number of benzene rings is 1. The number of imidazole rings is 1. The zero-order valence-corrected chi connectivity index (χ0v) is 17.7. The molecule has 0 spiro atoms. The molecule has 1 atom stereocenters. The summed E-state index contributed by atoms with van der Waals surface area (Å²) in [6.45, 7) is 8.62. The molecule has 1 fully saturated rings. The Kier molecular flexibility index (Phi) is 6.64. The second kappa shape index (κ2) is 8.96. The Bertz CT molecular complexity index is 776. The zero-order valence-electron chi connectivity index (χ0n) is 16.9. The lowest BCUT2D eigenvalue weighted by molar-refractivity contribution is -0.113. The maximum absolute atomic E-state index is 12.4. The first kappa shape index (κ1) is 20.0. The van der Waals surface area contributed by atoms with Crippen LogP contribution in [0.5, 0.6) is 0 Å². The molecule has 1 aliphatic carbocycles. The molecule has 1 saturated carbocycles. The molecule has 1 aromatic heterocycles. The second-order valence-electron chi connectivity index (χ2n) is 7.64. The lowest BCUT2D eigenvalue weighted by atomic mass is 9.99. The first-order chi connectivity index (χ1) is 13.0. The summed E-state index contributed by atoms with van der Waals surface area (Å²) in [6, 6.07) is 8.76. The van der Waals surface area contributed by atoms with Gasteiger partial charge in [-0.25, -0.2) is 4.98 Å². The van der Waals surface area contributed by atoms with E-state index >= 15 is 0 Å². The summed E-state index contributed by atoms with van der Waals surface area (Å²) in [7, 11) is 0. The summed E-state index contributed by atoms with van der Waals surface area (Å²) in [6.07, 6.45) is 6.14. The van der Waals surface area contributed by atoms with E-state index in [2.05, 4.69) is 49.7 Å². The van der Waals surface area contributed by atoms with Crippen molar-refractivity contribution in [2.45, 2.75) is 76.9 Å². The number of thioether (sulfide) groups is 1. The van der Waals surface area contributed by atoms with E-state index in [9.17, 15) is 4.79 Å². The van der Waals surface area contributed by atoms with Crippen LogP contribution in [0.2, 0.25) is 0 Å². The van der Waals surface area contributed by atoms with Gasteiger partial charge in [-0.3, -0.25) is 4.79 Å². The van der Waals surface area contributed by atoms with Crippen LogP contribution in [0, 0.1) is 13.8 Å². The molecule has 27 heavy (non-hydrogen) atoms. The Morgan fingerprint density at radius 3 is 2.56 bits per heavy atom. The topological polar surface area (TPSA) is 46.9 Å². The minimum atomic E-state index is 0.0209. The van der Waals surface area contributed by atoms with E-state index in [0.717, 1.165) is 23.0 Å². The van der Waals surface area contributed by atoms with Gasteiger partial charge in [0.2, 0.25) is 5.91 Å². The van der Waals surface area contributed by atoms with Crippen molar-refractivity contribution in [2.24, 2.45) is 0 Å². The average molecular weight is 386 g/mol. The summed E-state index contributed by atoms with van der Waals surface area (Å²) in [4.78, 5) is 17.1. The van der Waals surface area contributed by atoms with Crippen molar-refractivity contribution in [2.75, 3.05) is 11.1 Å². The van der Waals surface area contributed by atoms with Crippen LogP contribution in [0.15, 0.2) is 29.4 Å². The van der Waals surface area contributed by atoms with Crippen LogP contribution >= 0.6 is 11.8 Å². The molecule has 1 N–H and O–H groups in total. The monoisotopic (exact) mass is 385 g/mol. The average Bonchev–Trinajstić information content (AvgIpc) is 3.28. The second-order valence-corrected chi connectivity index (χ2v) is 8.58. The summed E-state index contributed by atoms with van der Waals surface area (Å²) >= 11 is 1.55. The number of amides is 1. The smallest absolute Gasteiger partial charge is 0.234 e. The van der Waals surface area contributed by atoms with Crippen molar-refractivity contribution in [3.8, 4) is 0 Å². The maximum Gasteiger partial charge on any atom is 0.234 e. The lowest BCUT2D eigenvalue weighted by Crippen LogP contribution is -2.15. The van der Waals surface area contributed by atoms with Gasteiger partial charge in [0, 0.05) is 17.4 Å². The summed E-state index contributed by atoms with van der Waals surface area (Å²) in [5, 5.41) is 4.00. The minimum absolute atomic E-state index is 0.0209. The third-order valence-corrected chi connectivity index (χ3v) is 6.71. The van der Waals surface area contributed by atoms with E-state index in [-0.39, 0.29) is 5.91 Å². The Labute approximate surface area is 167 Å². The number of hydrogen-bond donors (Lipinski definition) is 1. The first-order valence-electron chi connectivity index (χ1n) is 10.1. The first-order valence-corrected chi connectivity index (χ1v) is 11.1. The summed E-state index contributed by atoms with van der Waals surface area (Å²) in [5.74, 6) is 0.953. The predicted molar refractivity (Wildman–Crippen MR) is 114 cm³/mol. The highest BCUT2D eigenvalue weighted by atomic mass is 32.2. The van der Waals surface area contributed by atoms with Crippen LogP contribution in [0.1, 0.15) is 74.9 Å². The molecule has 146 valence electrons. The fourth-order valence-corrected chi connectivity index (χ4v) is 4.71. The SMILES string of the molecule is CC[C@H](C)c1ccc(NC(=O)CSc2nc(C)c(C)n2C2CCCC2)cc1. The standard InChI is InChI=1S/C22H31N3OS/c1-5-15(2)18-10-12-19(13-11-18)24-21(26)14-27-22-23-16(3)17(4)25(22)20-8-6-7-9-20/h10-13,15,20H,5-9,14H2,1-4H3,(H,24,26)/t15-/m0/s1. The molecule has 2 aromatic rings. The number of aryl methyl sites for hydroxylation is 1. The number of rotatable bonds is 7. The van der Waals surface area contributed by atoms with E-state index in [1.807, 2.05) is 12.1 Å². The molecular weight excluding hydrogens is 354 g/mol. The quantitative estimate of drug-likeness (QED) is 0.607. The van der Waals surface area contributed by atoms with E-state index in [0.29, 0.717) is 17.7 Å². The largest absolute Gasteiger partial charge is 0.325 e. The zero-order chi connectivity index (χ0) is 19.4. The number of nitrogens with one attached hydrogen (secondary N) is 1. The maximum atomic E-state index is 12.4. The molecule has 1 aliphatic rings. The number of anilines is 1. The normalized spacial score (nSPS) is 15.9. The van der Waals surface area contributed by atoms with Crippen LogP contribution in [0.3, 0.4) is 0 Å². The van der Waals surface area contributed by atoms with E-state index in [4.69, 9.17) is 4.98 Å². The van der Waals surface area contributed by atoms with Gasteiger partial charge in [-0.1, -0.05) is 50.6 Å². The van der Waals surface area contributed by atoms with Crippen LogP contribution < -0.4 is 5.32 Å². The molecule has 0 saturated heterocycles. The molecule has 4 nitrogen and oxygen atoms in total. The highest BCUT2D eigenvalue weighted by molar-refractivity contribution is 7.99. The number of carbonyl (C=O) groups is 1. The van der Waals surface area contributed by atoms with Gasteiger partial charge in [-0.15, -0.1) is 0 Å². The van der Waals surface area contributed by atoms with Gasteiger partial charge in [0.1, 0.15) is 0 Å². The van der Waals surface area contributed by atoms with Crippen molar-refractivity contribution in [3.63, 3.8) is 0 Å². The van der Waals surface area contributed by atoms with E-state index < -0.39 is 0 Å². The Morgan fingerprint density at radius 2 is 1.93 bits per heavy atom. The van der Waals surface area contributed by atoms with Gasteiger partial charge in [-0.2, -0.15) is 0 Å². The van der Waals surface area contributed by atoms with Crippen molar-refractivity contribution in [3.05, 3.63) is 41.2 Å². The van der Waals surface area contributed by atoms with E-state index in [1.54, 1.807) is 11.8 Å². The highest BCUT2D eigenvalue weighted by Crippen LogP contribution is 2.35. The van der Waals surface area contributed by atoms with Crippen molar-refractivity contribution in [1.29, 1.82) is 0 Å². The van der Waals surface area contributed by atoms with E-state index in [1.165, 1.54) is 36.9 Å². The van der Waals surface area contributed by atoms with Crippen LogP contribution in [0.25, 0.3) is 0 Å². The Morgan fingerprint density at radius 1 is 1.26 bits per heavy atom. The fourth-order valence-electron chi connectivity index (χ4n) is 3.75. The van der Waals surface area contributed by atoms with Crippen molar-refractivity contribution < 1.29 is 4.79 Å². The summed E-state index contributed by atoms with van der Waals surface area (Å²) in [5.41, 5.74) is 4.49. The fraction of sp³-hybridized carbons (Fsp3) is 0.545. The number of nitrogens with zero attached hydrogens (tertiary/aromatic N) is 2.